The first kappa shape index (κ1) is 22.6. The van der Waals surface area contributed by atoms with Gasteiger partial charge in [0.1, 0.15) is 11.9 Å². The van der Waals surface area contributed by atoms with Crippen LogP contribution in [0.1, 0.15) is 56.2 Å². The normalized spacial score (nSPS) is 28.4. The van der Waals surface area contributed by atoms with Crippen LogP contribution in [0.4, 0.5) is 0 Å². The van der Waals surface area contributed by atoms with E-state index < -0.39 is 29.4 Å². The maximum atomic E-state index is 12.3. The Morgan fingerprint density at radius 1 is 1.20 bits per heavy atom. The molecule has 0 radical (unpaired) electrons. The van der Waals surface area contributed by atoms with Gasteiger partial charge in [-0.3, -0.25) is 15.1 Å². The van der Waals surface area contributed by atoms with E-state index in [4.69, 9.17) is 0 Å². The van der Waals surface area contributed by atoms with Gasteiger partial charge >= 0.3 is 0 Å². The van der Waals surface area contributed by atoms with Crippen molar-refractivity contribution < 1.29 is 14.8 Å². The van der Waals surface area contributed by atoms with Crippen molar-refractivity contribution in [3.63, 3.8) is 0 Å². The third-order valence-corrected chi connectivity index (χ3v) is 6.86. The average molecular weight is 475 g/mol. The number of aliphatic hydroxyl groups is 1. The molecule has 1 aromatic carbocycles. The number of aromatic nitrogens is 1. The van der Waals surface area contributed by atoms with E-state index in [9.17, 15) is 20.0 Å². The van der Waals surface area contributed by atoms with Crippen molar-refractivity contribution in [3.05, 3.63) is 74.5 Å². The van der Waals surface area contributed by atoms with E-state index in [1.807, 2.05) is 12.1 Å². The summed E-state index contributed by atoms with van der Waals surface area (Å²) in [6.45, 7) is 2.10. The van der Waals surface area contributed by atoms with Gasteiger partial charge in [0, 0.05) is 15.6 Å². The van der Waals surface area contributed by atoms with Crippen molar-refractivity contribution in [1.82, 2.24) is 4.98 Å². The Labute approximate surface area is 185 Å². The number of aldehydes is 1. The molecule has 6 nitrogen and oxygen atoms in total. The monoisotopic (exact) mass is 474 g/mol. The second-order valence-corrected chi connectivity index (χ2v) is 8.93. The van der Waals surface area contributed by atoms with Gasteiger partial charge in [-0.2, -0.15) is 0 Å². The number of halogens is 1. The van der Waals surface area contributed by atoms with Gasteiger partial charge < -0.3 is 9.90 Å². The second kappa shape index (κ2) is 9.79. The van der Waals surface area contributed by atoms with Crippen LogP contribution in [0, 0.1) is 22.0 Å². The van der Waals surface area contributed by atoms with Crippen LogP contribution in [0.2, 0.25) is 0 Å². The van der Waals surface area contributed by atoms with E-state index in [0.29, 0.717) is 24.0 Å². The Morgan fingerprint density at radius 3 is 2.50 bits per heavy atom. The zero-order chi connectivity index (χ0) is 21.7. The van der Waals surface area contributed by atoms with Gasteiger partial charge in [-0.1, -0.05) is 66.7 Å². The summed E-state index contributed by atoms with van der Waals surface area (Å²) in [7, 11) is 0. The van der Waals surface area contributed by atoms with E-state index in [1.165, 1.54) is 0 Å². The summed E-state index contributed by atoms with van der Waals surface area (Å²) in [5, 5.41) is 24.2. The van der Waals surface area contributed by atoms with Crippen LogP contribution >= 0.6 is 15.9 Å². The Balaban J connectivity index is 2.12. The number of carbonyl (C=O) groups is 1. The van der Waals surface area contributed by atoms with Crippen LogP contribution in [-0.2, 0) is 10.4 Å². The van der Waals surface area contributed by atoms with Gasteiger partial charge in [0.15, 0.2) is 0 Å². The number of hydrogen-bond acceptors (Lipinski definition) is 5. The third-order valence-electron chi connectivity index (χ3n) is 6.33. The lowest BCUT2D eigenvalue weighted by molar-refractivity contribution is -0.534. The predicted octanol–water partition coefficient (Wildman–Crippen LogP) is 4.88. The number of rotatable bonds is 9. The fraction of sp³-hybridized carbons (Fsp3) is 0.478. The standard InChI is InChI=1S/C23H27BrN2O4/c1-2-3-4-5-8-18-22(26(29)30)21(16-10-12-17(24)13-11-16)19(15-27)23(18,28)20-9-6-7-14-25-20/h6-7,9-15,18-19,21-22,28H,2-5,8H2,1H3/t18-,19+,21+,22-,23-/m0/s1. The fourth-order valence-corrected chi connectivity index (χ4v) is 5.21. The highest BCUT2D eigenvalue weighted by Crippen LogP contribution is 2.56. The Morgan fingerprint density at radius 2 is 1.93 bits per heavy atom. The lowest BCUT2D eigenvalue weighted by Crippen LogP contribution is -2.41. The minimum atomic E-state index is -1.69. The summed E-state index contributed by atoms with van der Waals surface area (Å²) in [5.41, 5.74) is -0.679. The maximum Gasteiger partial charge on any atom is 0.226 e. The SMILES string of the molecule is CCCCCC[C@H]1[C@H]([N+](=O)[O-])[C@H](c2ccc(Br)cc2)[C@@H](C=O)[C@]1(O)c1ccccn1. The second-order valence-electron chi connectivity index (χ2n) is 8.01. The molecule has 160 valence electrons. The molecular weight excluding hydrogens is 448 g/mol. The van der Waals surface area contributed by atoms with Crippen molar-refractivity contribution in [2.24, 2.45) is 11.8 Å². The molecule has 7 heteroatoms. The van der Waals surface area contributed by atoms with E-state index in [2.05, 4.69) is 27.8 Å². The zero-order valence-corrected chi connectivity index (χ0v) is 18.6. The minimum absolute atomic E-state index is 0.311. The van der Waals surface area contributed by atoms with Crippen LogP contribution in [0.15, 0.2) is 53.1 Å². The molecule has 1 N–H and O–H groups in total. The smallest absolute Gasteiger partial charge is 0.226 e. The maximum absolute atomic E-state index is 12.3. The van der Waals surface area contributed by atoms with Crippen molar-refractivity contribution in [1.29, 1.82) is 0 Å². The number of carbonyl (C=O) groups excluding carboxylic acids is 1. The molecule has 3 rings (SSSR count). The highest BCUT2D eigenvalue weighted by Gasteiger charge is 2.66. The molecule has 0 saturated heterocycles. The lowest BCUT2D eigenvalue weighted by Gasteiger charge is -2.32. The molecule has 1 aliphatic carbocycles. The summed E-state index contributed by atoms with van der Waals surface area (Å²) in [5.74, 6) is -2.39. The quantitative estimate of drug-likeness (QED) is 0.242. The highest BCUT2D eigenvalue weighted by atomic mass is 79.9. The van der Waals surface area contributed by atoms with E-state index in [1.54, 1.807) is 36.5 Å². The van der Waals surface area contributed by atoms with Crippen LogP contribution in [0.25, 0.3) is 0 Å². The summed E-state index contributed by atoms with van der Waals surface area (Å²) in [6, 6.07) is 11.3. The predicted molar refractivity (Wildman–Crippen MR) is 118 cm³/mol. The van der Waals surface area contributed by atoms with Gasteiger partial charge in [-0.25, -0.2) is 0 Å². The van der Waals surface area contributed by atoms with Gasteiger partial charge in [0.05, 0.1) is 23.4 Å². The van der Waals surface area contributed by atoms with Crippen molar-refractivity contribution in [2.75, 3.05) is 0 Å². The highest BCUT2D eigenvalue weighted by molar-refractivity contribution is 9.10. The summed E-state index contributed by atoms with van der Waals surface area (Å²) in [4.78, 5) is 28.6. The molecule has 2 aromatic rings. The Bertz CT molecular complexity index is 861. The molecule has 1 aromatic heterocycles. The van der Waals surface area contributed by atoms with Gasteiger partial charge in [0.25, 0.3) is 0 Å². The molecule has 0 unspecified atom stereocenters. The molecule has 1 heterocycles. The van der Waals surface area contributed by atoms with E-state index in [-0.39, 0.29) is 4.92 Å². The Hall–Kier alpha value is -2.12. The number of pyridine rings is 1. The molecular formula is C23H27BrN2O4. The van der Waals surface area contributed by atoms with Crippen LogP contribution < -0.4 is 0 Å². The minimum Gasteiger partial charge on any atom is -0.382 e. The summed E-state index contributed by atoms with van der Waals surface area (Å²) in [6.07, 6.45) is 6.48. The van der Waals surface area contributed by atoms with E-state index in [0.717, 1.165) is 30.2 Å². The third kappa shape index (κ3) is 4.18. The lowest BCUT2D eigenvalue weighted by atomic mass is 9.77. The molecule has 1 fully saturated rings. The average Bonchev–Trinajstić information content (AvgIpc) is 3.01. The molecule has 5 atom stereocenters. The zero-order valence-electron chi connectivity index (χ0n) is 17.0. The number of hydrogen-bond donors (Lipinski definition) is 1. The summed E-state index contributed by atoms with van der Waals surface area (Å²) >= 11 is 3.39. The van der Waals surface area contributed by atoms with Gasteiger partial charge in [-0.15, -0.1) is 0 Å². The van der Waals surface area contributed by atoms with Crippen molar-refractivity contribution in [3.8, 4) is 0 Å². The molecule has 30 heavy (non-hydrogen) atoms. The fourth-order valence-electron chi connectivity index (χ4n) is 4.94. The largest absolute Gasteiger partial charge is 0.382 e. The number of unbranched alkanes of at least 4 members (excludes halogenated alkanes) is 3. The first-order chi connectivity index (χ1) is 14.4. The first-order valence-electron chi connectivity index (χ1n) is 10.4. The molecule has 0 amide bonds. The van der Waals surface area contributed by atoms with Crippen LogP contribution in [0.3, 0.4) is 0 Å². The molecule has 0 spiro atoms. The summed E-state index contributed by atoms with van der Waals surface area (Å²) < 4.78 is 0.848. The van der Waals surface area contributed by atoms with Crippen LogP contribution in [-0.4, -0.2) is 27.3 Å². The molecule has 1 saturated carbocycles. The van der Waals surface area contributed by atoms with Crippen LogP contribution in [0.5, 0.6) is 0 Å². The topological polar surface area (TPSA) is 93.3 Å². The Kier molecular flexibility index (Phi) is 7.36. The van der Waals surface area contributed by atoms with Gasteiger partial charge in [-0.05, 0) is 36.2 Å². The molecule has 0 bridgehead atoms. The van der Waals surface area contributed by atoms with Crippen molar-refractivity contribution in [2.45, 2.75) is 56.6 Å². The van der Waals surface area contributed by atoms with Gasteiger partial charge in [0.2, 0.25) is 6.04 Å². The number of benzene rings is 1. The first-order valence-corrected chi connectivity index (χ1v) is 11.2. The number of nitro groups is 1. The van der Waals surface area contributed by atoms with E-state index >= 15 is 0 Å². The number of nitrogens with zero attached hydrogens (tertiary/aromatic N) is 2. The van der Waals surface area contributed by atoms with Crippen molar-refractivity contribution >= 4 is 22.2 Å². The molecule has 0 aliphatic heterocycles. The molecule has 1 aliphatic rings.